The monoisotopic (exact) mass is 308 g/mol. The molecule has 0 atom stereocenters. The second kappa shape index (κ2) is 5.81. The first-order valence-electron chi connectivity index (χ1n) is 6.44. The molecule has 2 aromatic rings. The van der Waals surface area contributed by atoms with E-state index >= 15 is 0 Å². The third-order valence-corrected chi connectivity index (χ3v) is 3.70. The summed E-state index contributed by atoms with van der Waals surface area (Å²) < 4.78 is 18.1. The molecule has 0 aliphatic rings. The van der Waals surface area contributed by atoms with Gasteiger partial charge in [0, 0.05) is 16.5 Å². The van der Waals surface area contributed by atoms with Gasteiger partial charge >= 0.3 is 5.97 Å². The molecule has 1 aromatic carbocycles. The highest BCUT2D eigenvalue weighted by Gasteiger charge is 2.18. The summed E-state index contributed by atoms with van der Waals surface area (Å²) >= 11 is 1.44. The molecule has 0 saturated carbocycles. The molecule has 0 radical (unpaired) electrons. The predicted molar refractivity (Wildman–Crippen MR) is 80.7 cm³/mol. The Morgan fingerprint density at radius 3 is 2.71 bits per heavy atom. The van der Waals surface area contributed by atoms with Crippen LogP contribution in [0.2, 0.25) is 0 Å². The summed E-state index contributed by atoms with van der Waals surface area (Å²) in [7, 11) is 0. The number of benzene rings is 1. The minimum absolute atomic E-state index is 0.0415. The second-order valence-corrected chi connectivity index (χ2v) is 6.63. The van der Waals surface area contributed by atoms with Crippen LogP contribution in [0.3, 0.4) is 0 Å². The fourth-order valence-electron chi connectivity index (χ4n) is 1.65. The molecule has 1 aromatic heterocycles. The van der Waals surface area contributed by atoms with Crippen molar-refractivity contribution in [2.45, 2.75) is 32.8 Å². The number of hydrogen-bond acceptors (Lipinski definition) is 5. The van der Waals surface area contributed by atoms with Crippen molar-refractivity contribution in [3.05, 3.63) is 45.7 Å². The van der Waals surface area contributed by atoms with Gasteiger partial charge in [0.05, 0.1) is 11.3 Å². The molecule has 0 fully saturated rings. The number of rotatable bonds is 3. The van der Waals surface area contributed by atoms with E-state index in [2.05, 4.69) is 25.8 Å². The molecule has 1 heterocycles. The number of nitrogen functional groups attached to an aromatic ring is 1. The summed E-state index contributed by atoms with van der Waals surface area (Å²) in [5.41, 5.74) is 6.74. The Kier molecular flexibility index (Phi) is 4.27. The van der Waals surface area contributed by atoms with Crippen LogP contribution in [-0.2, 0) is 16.8 Å². The lowest BCUT2D eigenvalue weighted by Gasteiger charge is -2.14. The number of esters is 1. The number of thiazole rings is 1. The van der Waals surface area contributed by atoms with Gasteiger partial charge in [-0.05, 0) is 18.2 Å². The van der Waals surface area contributed by atoms with Crippen molar-refractivity contribution < 1.29 is 13.9 Å². The quantitative estimate of drug-likeness (QED) is 0.696. The Balaban J connectivity index is 2.03. The second-order valence-electron chi connectivity index (χ2n) is 5.68. The van der Waals surface area contributed by atoms with Gasteiger partial charge in [-0.15, -0.1) is 11.3 Å². The zero-order valence-electron chi connectivity index (χ0n) is 12.1. The van der Waals surface area contributed by atoms with Gasteiger partial charge in [-0.1, -0.05) is 20.8 Å². The van der Waals surface area contributed by atoms with Crippen molar-refractivity contribution >= 4 is 23.0 Å². The SMILES string of the molecule is CC(C)(C)c1csc(COC(=O)c2ccc(F)cc2N)n1. The van der Waals surface area contributed by atoms with E-state index in [1.807, 2.05) is 5.38 Å². The average molecular weight is 308 g/mol. The molecule has 0 saturated heterocycles. The Hall–Kier alpha value is -1.95. The van der Waals surface area contributed by atoms with Gasteiger partial charge < -0.3 is 10.5 Å². The summed E-state index contributed by atoms with van der Waals surface area (Å²) in [5.74, 6) is -1.07. The third-order valence-electron chi connectivity index (χ3n) is 2.88. The maximum atomic E-state index is 12.9. The van der Waals surface area contributed by atoms with Crippen molar-refractivity contribution in [3.63, 3.8) is 0 Å². The molecular weight excluding hydrogens is 291 g/mol. The van der Waals surface area contributed by atoms with Gasteiger partial charge in [0.2, 0.25) is 0 Å². The summed E-state index contributed by atoms with van der Waals surface area (Å²) in [6.45, 7) is 6.28. The lowest BCUT2D eigenvalue weighted by Crippen LogP contribution is -2.12. The molecule has 0 spiro atoms. The minimum Gasteiger partial charge on any atom is -0.455 e. The van der Waals surface area contributed by atoms with Crippen LogP contribution in [0.1, 0.15) is 41.8 Å². The highest BCUT2D eigenvalue weighted by atomic mass is 32.1. The van der Waals surface area contributed by atoms with Crippen LogP contribution in [0.4, 0.5) is 10.1 Å². The van der Waals surface area contributed by atoms with E-state index in [0.29, 0.717) is 5.01 Å². The smallest absolute Gasteiger partial charge is 0.340 e. The molecule has 0 unspecified atom stereocenters. The van der Waals surface area contributed by atoms with Crippen LogP contribution in [0.5, 0.6) is 0 Å². The van der Waals surface area contributed by atoms with Gasteiger partial charge in [-0.2, -0.15) is 0 Å². The Morgan fingerprint density at radius 1 is 1.43 bits per heavy atom. The average Bonchev–Trinajstić information content (AvgIpc) is 2.84. The van der Waals surface area contributed by atoms with Crippen molar-refractivity contribution in [1.29, 1.82) is 0 Å². The zero-order valence-corrected chi connectivity index (χ0v) is 13.0. The maximum absolute atomic E-state index is 12.9. The largest absolute Gasteiger partial charge is 0.455 e. The lowest BCUT2D eigenvalue weighted by molar-refractivity contribution is 0.0473. The minimum atomic E-state index is -0.583. The number of aromatic nitrogens is 1. The number of nitrogens with zero attached hydrogens (tertiary/aromatic N) is 1. The Bertz CT molecular complexity index is 662. The van der Waals surface area contributed by atoms with E-state index in [4.69, 9.17) is 10.5 Å². The van der Waals surface area contributed by atoms with E-state index in [-0.39, 0.29) is 23.3 Å². The maximum Gasteiger partial charge on any atom is 0.340 e. The number of ether oxygens (including phenoxy) is 1. The first-order valence-corrected chi connectivity index (χ1v) is 7.32. The molecule has 0 amide bonds. The van der Waals surface area contributed by atoms with Crippen molar-refractivity contribution in [2.75, 3.05) is 5.73 Å². The number of carbonyl (C=O) groups excluding carboxylic acids is 1. The summed E-state index contributed by atoms with van der Waals surface area (Å²) in [6, 6.07) is 3.58. The van der Waals surface area contributed by atoms with E-state index in [1.54, 1.807) is 0 Å². The highest BCUT2D eigenvalue weighted by molar-refractivity contribution is 7.09. The topological polar surface area (TPSA) is 65.2 Å². The molecule has 4 nitrogen and oxygen atoms in total. The molecule has 2 N–H and O–H groups in total. The molecule has 21 heavy (non-hydrogen) atoms. The number of hydrogen-bond donors (Lipinski definition) is 1. The van der Waals surface area contributed by atoms with Crippen LogP contribution in [0.25, 0.3) is 0 Å². The van der Waals surface area contributed by atoms with Crippen LogP contribution in [-0.4, -0.2) is 11.0 Å². The molecule has 2 rings (SSSR count). The van der Waals surface area contributed by atoms with Crippen LogP contribution in [0, 0.1) is 5.82 Å². The zero-order chi connectivity index (χ0) is 15.6. The van der Waals surface area contributed by atoms with E-state index < -0.39 is 11.8 Å². The summed E-state index contributed by atoms with van der Waals surface area (Å²) in [6.07, 6.45) is 0. The van der Waals surface area contributed by atoms with E-state index in [0.717, 1.165) is 11.8 Å². The number of anilines is 1. The predicted octanol–water partition coefficient (Wildman–Crippen LogP) is 3.52. The molecule has 6 heteroatoms. The standard InChI is InChI=1S/C15H17FN2O2S/c1-15(2,3)12-8-21-13(18-12)7-20-14(19)10-5-4-9(16)6-11(10)17/h4-6,8H,7,17H2,1-3H3. The fraction of sp³-hybridized carbons (Fsp3) is 0.333. The van der Waals surface area contributed by atoms with Crippen molar-refractivity contribution in [2.24, 2.45) is 0 Å². The Labute approximate surface area is 126 Å². The lowest BCUT2D eigenvalue weighted by atomic mass is 9.93. The number of halogens is 1. The third kappa shape index (κ3) is 3.78. The summed E-state index contributed by atoms with van der Waals surface area (Å²) in [5, 5.41) is 2.67. The molecule has 0 bridgehead atoms. The molecule has 112 valence electrons. The van der Waals surface area contributed by atoms with Gasteiger partial charge in [-0.25, -0.2) is 14.2 Å². The summed E-state index contributed by atoms with van der Waals surface area (Å²) in [4.78, 5) is 16.3. The van der Waals surface area contributed by atoms with Gasteiger partial charge in [-0.3, -0.25) is 0 Å². The van der Waals surface area contributed by atoms with Gasteiger partial charge in [0.1, 0.15) is 17.4 Å². The first kappa shape index (κ1) is 15.4. The van der Waals surface area contributed by atoms with Crippen LogP contribution in [0.15, 0.2) is 23.6 Å². The normalized spacial score (nSPS) is 11.4. The first-order chi connectivity index (χ1) is 9.77. The van der Waals surface area contributed by atoms with Crippen molar-refractivity contribution in [1.82, 2.24) is 4.98 Å². The van der Waals surface area contributed by atoms with Crippen LogP contribution < -0.4 is 5.73 Å². The van der Waals surface area contributed by atoms with E-state index in [1.165, 1.54) is 23.5 Å². The van der Waals surface area contributed by atoms with Crippen molar-refractivity contribution in [3.8, 4) is 0 Å². The fourth-order valence-corrected chi connectivity index (χ4v) is 2.58. The molecule has 0 aliphatic carbocycles. The molecule has 0 aliphatic heterocycles. The van der Waals surface area contributed by atoms with Crippen LogP contribution >= 0.6 is 11.3 Å². The molecular formula is C15H17FN2O2S. The van der Waals surface area contributed by atoms with E-state index in [9.17, 15) is 9.18 Å². The Morgan fingerprint density at radius 2 is 2.14 bits per heavy atom. The van der Waals surface area contributed by atoms with Gasteiger partial charge in [0.25, 0.3) is 0 Å². The van der Waals surface area contributed by atoms with Gasteiger partial charge in [0.15, 0.2) is 0 Å². The number of carbonyl (C=O) groups is 1. The number of nitrogens with two attached hydrogens (primary N) is 1. The highest BCUT2D eigenvalue weighted by Crippen LogP contribution is 2.24.